The van der Waals surface area contributed by atoms with Crippen LogP contribution in [0.4, 0.5) is 0 Å². The van der Waals surface area contributed by atoms with Crippen LogP contribution in [0.3, 0.4) is 0 Å². The van der Waals surface area contributed by atoms with Crippen molar-refractivity contribution in [2.45, 2.75) is 12.5 Å². The standard InChI is InChI=1S/C6H13NO2/c7-6(3-8)5-1-2-9-4-5/h5-6,8H,1-4,7H2/t5-,6-/m1/s1. The molecule has 1 aliphatic rings. The van der Waals surface area contributed by atoms with Gasteiger partial charge in [0.2, 0.25) is 0 Å². The van der Waals surface area contributed by atoms with E-state index in [-0.39, 0.29) is 12.6 Å². The van der Waals surface area contributed by atoms with E-state index < -0.39 is 0 Å². The monoisotopic (exact) mass is 131 g/mol. The number of nitrogens with two attached hydrogens (primary N) is 1. The number of hydrogen-bond acceptors (Lipinski definition) is 3. The van der Waals surface area contributed by atoms with E-state index in [0.717, 1.165) is 19.6 Å². The third-order valence-corrected chi connectivity index (χ3v) is 1.78. The van der Waals surface area contributed by atoms with Gasteiger partial charge in [-0.25, -0.2) is 0 Å². The SMILES string of the molecule is N[C@H](CO)[C@@H]1CCOC1. The lowest BCUT2D eigenvalue weighted by Crippen LogP contribution is -2.33. The van der Waals surface area contributed by atoms with Crippen molar-refractivity contribution >= 4 is 0 Å². The molecule has 0 aromatic rings. The van der Waals surface area contributed by atoms with Crippen molar-refractivity contribution in [3.8, 4) is 0 Å². The Hall–Kier alpha value is -0.120. The summed E-state index contributed by atoms with van der Waals surface area (Å²) < 4.78 is 5.09. The first kappa shape index (κ1) is 6.99. The number of aliphatic hydroxyl groups excluding tert-OH is 1. The second-order valence-electron chi connectivity index (χ2n) is 2.47. The summed E-state index contributed by atoms with van der Waals surface area (Å²) in [6.45, 7) is 1.61. The van der Waals surface area contributed by atoms with Crippen LogP contribution in [0, 0.1) is 5.92 Å². The highest BCUT2D eigenvalue weighted by atomic mass is 16.5. The van der Waals surface area contributed by atoms with Gasteiger partial charge in [0.25, 0.3) is 0 Å². The topological polar surface area (TPSA) is 55.5 Å². The van der Waals surface area contributed by atoms with Gasteiger partial charge in [-0.15, -0.1) is 0 Å². The molecule has 3 heteroatoms. The molecule has 0 aliphatic carbocycles. The molecule has 54 valence electrons. The fourth-order valence-electron chi connectivity index (χ4n) is 1.04. The molecule has 9 heavy (non-hydrogen) atoms. The molecule has 0 saturated carbocycles. The van der Waals surface area contributed by atoms with Crippen LogP contribution in [0.25, 0.3) is 0 Å². The summed E-state index contributed by atoms with van der Waals surface area (Å²) in [5.41, 5.74) is 5.55. The van der Waals surface area contributed by atoms with Gasteiger partial charge < -0.3 is 15.6 Å². The number of rotatable bonds is 2. The molecule has 1 fully saturated rings. The fourth-order valence-corrected chi connectivity index (χ4v) is 1.04. The molecule has 0 radical (unpaired) electrons. The maximum absolute atomic E-state index is 8.61. The molecule has 2 atom stereocenters. The van der Waals surface area contributed by atoms with Gasteiger partial charge in [0.1, 0.15) is 0 Å². The second kappa shape index (κ2) is 3.15. The summed E-state index contributed by atoms with van der Waals surface area (Å²) in [5.74, 6) is 0.384. The molecule has 3 nitrogen and oxygen atoms in total. The van der Waals surface area contributed by atoms with E-state index in [9.17, 15) is 0 Å². The molecule has 1 rings (SSSR count). The van der Waals surface area contributed by atoms with E-state index in [1.165, 1.54) is 0 Å². The predicted octanol–water partition coefficient (Wildman–Crippen LogP) is -0.658. The average Bonchev–Trinajstić information content (AvgIpc) is 2.37. The van der Waals surface area contributed by atoms with Gasteiger partial charge in [0, 0.05) is 18.6 Å². The fraction of sp³-hybridized carbons (Fsp3) is 1.00. The van der Waals surface area contributed by atoms with E-state index in [4.69, 9.17) is 15.6 Å². The van der Waals surface area contributed by atoms with Crippen LogP contribution in [0.15, 0.2) is 0 Å². The molecule has 0 unspecified atom stereocenters. The molecule has 1 aliphatic heterocycles. The molecule has 0 aromatic carbocycles. The Labute approximate surface area is 54.8 Å². The van der Waals surface area contributed by atoms with Gasteiger partial charge >= 0.3 is 0 Å². The largest absolute Gasteiger partial charge is 0.395 e. The molecule has 0 amide bonds. The minimum Gasteiger partial charge on any atom is -0.395 e. The molecule has 1 heterocycles. The Kier molecular flexibility index (Phi) is 2.45. The van der Waals surface area contributed by atoms with Gasteiger partial charge in [-0.1, -0.05) is 0 Å². The van der Waals surface area contributed by atoms with Crippen LogP contribution < -0.4 is 5.73 Å². The van der Waals surface area contributed by atoms with Gasteiger partial charge in [-0.2, -0.15) is 0 Å². The smallest absolute Gasteiger partial charge is 0.0586 e. The highest BCUT2D eigenvalue weighted by Crippen LogP contribution is 2.14. The molecule has 0 spiro atoms. The average molecular weight is 131 g/mol. The summed E-state index contributed by atoms with van der Waals surface area (Å²) in [7, 11) is 0. The Morgan fingerprint density at radius 1 is 1.78 bits per heavy atom. The third kappa shape index (κ3) is 1.64. The lowest BCUT2D eigenvalue weighted by atomic mass is 10.0. The van der Waals surface area contributed by atoms with Crippen molar-refractivity contribution < 1.29 is 9.84 Å². The minimum absolute atomic E-state index is 0.0764. The van der Waals surface area contributed by atoms with Crippen LogP contribution in [0.2, 0.25) is 0 Å². The molecular formula is C6H13NO2. The number of hydrogen-bond donors (Lipinski definition) is 2. The summed E-state index contributed by atoms with van der Waals surface area (Å²) >= 11 is 0. The van der Waals surface area contributed by atoms with Crippen molar-refractivity contribution in [1.29, 1.82) is 0 Å². The van der Waals surface area contributed by atoms with E-state index in [0.29, 0.717) is 5.92 Å². The molecule has 3 N–H and O–H groups in total. The van der Waals surface area contributed by atoms with Crippen molar-refractivity contribution in [3.63, 3.8) is 0 Å². The Bertz CT molecular complexity index is 81.1. The van der Waals surface area contributed by atoms with Crippen LogP contribution in [-0.2, 0) is 4.74 Å². The lowest BCUT2D eigenvalue weighted by molar-refractivity contribution is 0.166. The lowest BCUT2D eigenvalue weighted by Gasteiger charge is -2.13. The van der Waals surface area contributed by atoms with Crippen LogP contribution in [-0.4, -0.2) is 31.0 Å². The van der Waals surface area contributed by atoms with Gasteiger partial charge in [0.15, 0.2) is 0 Å². The summed E-state index contributed by atoms with van der Waals surface area (Å²) in [6, 6.07) is -0.0764. The van der Waals surface area contributed by atoms with E-state index in [1.807, 2.05) is 0 Å². The van der Waals surface area contributed by atoms with Crippen molar-refractivity contribution in [3.05, 3.63) is 0 Å². The molecule has 0 bridgehead atoms. The molecule has 1 saturated heterocycles. The highest BCUT2D eigenvalue weighted by molar-refractivity contribution is 4.74. The van der Waals surface area contributed by atoms with E-state index >= 15 is 0 Å². The number of ether oxygens (including phenoxy) is 1. The summed E-state index contributed by atoms with van der Waals surface area (Å²) in [5, 5.41) is 8.61. The Morgan fingerprint density at radius 2 is 2.56 bits per heavy atom. The molecule has 0 aromatic heterocycles. The Balaban J connectivity index is 2.24. The van der Waals surface area contributed by atoms with Crippen LogP contribution in [0.5, 0.6) is 0 Å². The third-order valence-electron chi connectivity index (χ3n) is 1.78. The first-order valence-corrected chi connectivity index (χ1v) is 3.28. The van der Waals surface area contributed by atoms with E-state index in [2.05, 4.69) is 0 Å². The van der Waals surface area contributed by atoms with Crippen molar-refractivity contribution in [1.82, 2.24) is 0 Å². The van der Waals surface area contributed by atoms with E-state index in [1.54, 1.807) is 0 Å². The van der Waals surface area contributed by atoms with Crippen molar-refractivity contribution in [2.75, 3.05) is 19.8 Å². The zero-order valence-corrected chi connectivity index (χ0v) is 5.42. The van der Waals surface area contributed by atoms with Gasteiger partial charge in [-0.05, 0) is 6.42 Å². The maximum atomic E-state index is 8.61. The zero-order chi connectivity index (χ0) is 6.69. The first-order valence-electron chi connectivity index (χ1n) is 3.28. The van der Waals surface area contributed by atoms with Gasteiger partial charge in [0.05, 0.1) is 13.2 Å². The Morgan fingerprint density at radius 3 is 3.00 bits per heavy atom. The van der Waals surface area contributed by atoms with Crippen LogP contribution >= 0.6 is 0 Å². The quantitative estimate of drug-likeness (QED) is 0.523. The number of aliphatic hydroxyl groups is 1. The molecular weight excluding hydrogens is 118 g/mol. The highest BCUT2D eigenvalue weighted by Gasteiger charge is 2.21. The minimum atomic E-state index is -0.0764. The van der Waals surface area contributed by atoms with Crippen LogP contribution in [0.1, 0.15) is 6.42 Å². The van der Waals surface area contributed by atoms with Crippen molar-refractivity contribution in [2.24, 2.45) is 11.7 Å². The second-order valence-corrected chi connectivity index (χ2v) is 2.47. The summed E-state index contributed by atoms with van der Waals surface area (Å²) in [6.07, 6.45) is 1.00. The van der Waals surface area contributed by atoms with Gasteiger partial charge in [-0.3, -0.25) is 0 Å². The predicted molar refractivity (Wildman–Crippen MR) is 34.0 cm³/mol. The summed E-state index contributed by atoms with van der Waals surface area (Å²) in [4.78, 5) is 0. The maximum Gasteiger partial charge on any atom is 0.0586 e. The first-order chi connectivity index (χ1) is 4.34. The zero-order valence-electron chi connectivity index (χ0n) is 5.42. The normalized spacial score (nSPS) is 30.7.